The van der Waals surface area contributed by atoms with E-state index in [1.807, 2.05) is 0 Å². The predicted octanol–water partition coefficient (Wildman–Crippen LogP) is 3.38. The summed E-state index contributed by atoms with van der Waals surface area (Å²) in [5.74, 6) is -2.40. The first-order valence-corrected chi connectivity index (χ1v) is 10.5. The van der Waals surface area contributed by atoms with Crippen LogP contribution in [0.5, 0.6) is 17.2 Å². The number of hydrogen-bond donors (Lipinski definition) is 3. The van der Waals surface area contributed by atoms with Crippen molar-refractivity contribution in [1.82, 2.24) is 5.32 Å². The first-order chi connectivity index (χ1) is 16.5. The molecule has 3 N–H and O–H groups in total. The number of aliphatic hydroxyl groups excluding tert-OH is 1. The molecule has 1 saturated heterocycles. The Balaban J connectivity index is 1.88. The number of amides is 1. The number of aliphatic carboxylic acids is 1. The third-order valence-electron chi connectivity index (χ3n) is 4.50. The number of nitrogens with zero attached hydrogens (tertiary/aromatic N) is 2. The first-order valence-electron chi connectivity index (χ1n) is 9.65. The maximum absolute atomic E-state index is 13.4. The van der Waals surface area contributed by atoms with Gasteiger partial charge in [0.2, 0.25) is 0 Å². The summed E-state index contributed by atoms with van der Waals surface area (Å²) < 4.78 is 51.0. The zero-order valence-electron chi connectivity index (χ0n) is 17.8. The van der Waals surface area contributed by atoms with Gasteiger partial charge < -0.3 is 25.0 Å². The van der Waals surface area contributed by atoms with Gasteiger partial charge in [-0.25, -0.2) is 9.79 Å². The Morgan fingerprint density at radius 2 is 1.97 bits per heavy atom. The van der Waals surface area contributed by atoms with Gasteiger partial charge in [0.15, 0.2) is 22.7 Å². The van der Waals surface area contributed by atoms with Crippen molar-refractivity contribution in [3.63, 3.8) is 0 Å². The molecule has 2 aromatic rings. The number of thioether (sulfide) groups is 1. The molecule has 0 spiro atoms. The smallest absolute Gasteiger partial charge is 0.420 e. The number of alkyl halides is 3. The van der Waals surface area contributed by atoms with Crippen molar-refractivity contribution in [3.05, 3.63) is 58.0 Å². The van der Waals surface area contributed by atoms with E-state index in [-0.39, 0.29) is 27.1 Å². The molecule has 0 aliphatic carbocycles. The summed E-state index contributed by atoms with van der Waals surface area (Å²) in [4.78, 5) is 27.1. The van der Waals surface area contributed by atoms with Crippen LogP contribution in [0.3, 0.4) is 0 Å². The number of aliphatic imine (C=N–C) groups is 1. The van der Waals surface area contributed by atoms with Crippen LogP contribution < -0.4 is 14.8 Å². The summed E-state index contributed by atoms with van der Waals surface area (Å²) >= 11 is 0.856. The summed E-state index contributed by atoms with van der Waals surface area (Å²) in [6.07, 6.45) is -3.33. The average molecular weight is 507 g/mol. The number of carboxylic acid groups (broad SMARTS) is 1. The second-order valence-electron chi connectivity index (χ2n) is 6.87. The van der Waals surface area contributed by atoms with Crippen molar-refractivity contribution in [2.24, 2.45) is 4.99 Å². The minimum atomic E-state index is -4.76. The fourth-order valence-electron chi connectivity index (χ4n) is 2.84. The van der Waals surface area contributed by atoms with Gasteiger partial charge in [0, 0.05) is 0 Å². The molecule has 1 atom stereocenters. The molecule has 1 unspecified atom stereocenters. The van der Waals surface area contributed by atoms with Crippen molar-refractivity contribution in [2.75, 3.05) is 13.7 Å². The van der Waals surface area contributed by atoms with Crippen LogP contribution in [0.2, 0.25) is 0 Å². The van der Waals surface area contributed by atoms with Crippen LogP contribution in [0, 0.1) is 11.3 Å². The number of ether oxygens (including phenoxy) is 2. The van der Waals surface area contributed by atoms with Gasteiger partial charge in [-0.1, -0.05) is 6.07 Å². The van der Waals surface area contributed by atoms with E-state index in [1.54, 1.807) is 6.07 Å². The highest BCUT2D eigenvalue weighted by atomic mass is 32.2. The van der Waals surface area contributed by atoms with Gasteiger partial charge in [-0.2, -0.15) is 18.4 Å². The molecule has 1 fully saturated rings. The van der Waals surface area contributed by atoms with Crippen LogP contribution >= 0.6 is 11.8 Å². The van der Waals surface area contributed by atoms with Crippen molar-refractivity contribution < 1.29 is 42.4 Å². The first kappa shape index (κ1) is 25.6. The Labute approximate surface area is 200 Å². The normalized spacial score (nSPS) is 16.6. The molecule has 0 radical (unpaired) electrons. The lowest BCUT2D eigenvalue weighted by molar-refractivity contribution is -0.140. The number of amidine groups is 1. The second-order valence-corrected chi connectivity index (χ2v) is 7.90. The monoisotopic (exact) mass is 507 g/mol. The van der Waals surface area contributed by atoms with E-state index in [0.717, 1.165) is 17.8 Å². The van der Waals surface area contributed by atoms with E-state index in [2.05, 4.69) is 10.3 Å². The molecule has 1 amide bonds. The Kier molecular flexibility index (Phi) is 7.68. The summed E-state index contributed by atoms with van der Waals surface area (Å²) in [5.41, 5.74) is -0.873. The van der Waals surface area contributed by atoms with Crippen LogP contribution in [0.25, 0.3) is 6.08 Å². The highest BCUT2D eigenvalue weighted by Crippen LogP contribution is 2.41. The average Bonchev–Trinajstić information content (AvgIpc) is 3.16. The standard InChI is InChI=1S/C22H16F3N3O6S/c1-33-17-7-11(8-18-19(30)28-21(35-18)27-14(10-29)20(31)32)2-5-16(17)34-15-4-3-12(9-26)6-13(15)22(23,24)25/h2-8,14,29H,10H2,1H3,(H,31,32)(H,27,28,30). The Morgan fingerprint density at radius 1 is 1.26 bits per heavy atom. The molecule has 182 valence electrons. The van der Waals surface area contributed by atoms with E-state index < -0.39 is 42.0 Å². The zero-order valence-corrected chi connectivity index (χ0v) is 18.6. The molecule has 1 heterocycles. The summed E-state index contributed by atoms with van der Waals surface area (Å²) in [6.45, 7) is -0.748. The maximum Gasteiger partial charge on any atom is 0.420 e. The third-order valence-corrected chi connectivity index (χ3v) is 5.43. The molecule has 1 aliphatic heterocycles. The SMILES string of the molecule is COc1cc(C=C2SC(=NC(CO)C(=O)O)NC2=O)ccc1Oc1ccc(C#N)cc1C(F)(F)F. The number of benzene rings is 2. The number of nitrogens with one attached hydrogen (secondary N) is 1. The fourth-order valence-corrected chi connectivity index (χ4v) is 3.71. The van der Waals surface area contributed by atoms with Gasteiger partial charge in [0.25, 0.3) is 5.91 Å². The number of carboxylic acids is 1. The number of nitriles is 1. The number of aliphatic hydroxyl groups is 1. The molecule has 2 aromatic carbocycles. The molecule has 13 heteroatoms. The quantitative estimate of drug-likeness (QED) is 0.485. The molecule has 0 bridgehead atoms. The molecule has 1 aliphatic rings. The van der Waals surface area contributed by atoms with Crippen molar-refractivity contribution >= 4 is 34.9 Å². The summed E-state index contributed by atoms with van der Waals surface area (Å²) in [5, 5.41) is 29.3. The lowest BCUT2D eigenvalue weighted by Crippen LogP contribution is -2.27. The number of hydrogen-bond acceptors (Lipinski definition) is 8. The molecule has 9 nitrogen and oxygen atoms in total. The van der Waals surface area contributed by atoms with Gasteiger partial charge in [-0.3, -0.25) is 4.79 Å². The van der Waals surface area contributed by atoms with Crippen LogP contribution in [0.15, 0.2) is 46.3 Å². The van der Waals surface area contributed by atoms with E-state index >= 15 is 0 Å². The number of methoxy groups -OCH3 is 1. The van der Waals surface area contributed by atoms with E-state index in [9.17, 15) is 22.8 Å². The molecule has 35 heavy (non-hydrogen) atoms. The molecular formula is C22H16F3N3O6S. The lowest BCUT2D eigenvalue weighted by atomic mass is 10.1. The Bertz CT molecular complexity index is 1270. The van der Waals surface area contributed by atoms with Crippen molar-refractivity contribution in [2.45, 2.75) is 12.2 Å². The predicted molar refractivity (Wildman–Crippen MR) is 119 cm³/mol. The van der Waals surface area contributed by atoms with Gasteiger partial charge in [-0.05, 0) is 53.7 Å². The van der Waals surface area contributed by atoms with Crippen LogP contribution in [0.4, 0.5) is 13.2 Å². The zero-order chi connectivity index (χ0) is 25.8. The van der Waals surface area contributed by atoms with Gasteiger partial charge in [0.1, 0.15) is 5.75 Å². The number of rotatable bonds is 7. The maximum atomic E-state index is 13.4. The molecule has 3 rings (SSSR count). The molecular weight excluding hydrogens is 491 g/mol. The number of carbonyl (C=O) groups excluding carboxylic acids is 1. The Morgan fingerprint density at radius 3 is 2.57 bits per heavy atom. The second kappa shape index (κ2) is 10.5. The van der Waals surface area contributed by atoms with Crippen LogP contribution in [-0.4, -0.2) is 47.0 Å². The minimum Gasteiger partial charge on any atom is -0.493 e. The van der Waals surface area contributed by atoms with Crippen LogP contribution in [-0.2, 0) is 15.8 Å². The van der Waals surface area contributed by atoms with Gasteiger partial charge in [0.05, 0.1) is 35.8 Å². The van der Waals surface area contributed by atoms with Crippen molar-refractivity contribution in [1.29, 1.82) is 5.26 Å². The number of halogens is 3. The van der Waals surface area contributed by atoms with E-state index in [1.165, 1.54) is 37.5 Å². The third kappa shape index (κ3) is 6.11. The Hall–Kier alpha value is -4.02. The fraction of sp³-hybridized carbons (Fsp3) is 0.182. The summed E-state index contributed by atoms with van der Waals surface area (Å²) in [7, 11) is 1.28. The van der Waals surface area contributed by atoms with E-state index in [4.69, 9.17) is 24.9 Å². The van der Waals surface area contributed by atoms with Gasteiger partial charge >= 0.3 is 12.1 Å². The highest BCUT2D eigenvalue weighted by molar-refractivity contribution is 8.18. The van der Waals surface area contributed by atoms with E-state index in [0.29, 0.717) is 11.6 Å². The minimum absolute atomic E-state index is 0.00452. The van der Waals surface area contributed by atoms with Crippen molar-refractivity contribution in [3.8, 4) is 23.3 Å². The number of carbonyl (C=O) groups is 2. The molecule has 0 aromatic heterocycles. The largest absolute Gasteiger partial charge is 0.493 e. The van der Waals surface area contributed by atoms with Gasteiger partial charge in [-0.15, -0.1) is 0 Å². The lowest BCUT2D eigenvalue weighted by Gasteiger charge is -2.16. The topological polar surface area (TPSA) is 141 Å². The van der Waals surface area contributed by atoms with Crippen LogP contribution in [0.1, 0.15) is 16.7 Å². The summed E-state index contributed by atoms with van der Waals surface area (Å²) in [6, 6.07) is 7.37. The highest BCUT2D eigenvalue weighted by Gasteiger charge is 2.35. The molecule has 0 saturated carbocycles.